The second kappa shape index (κ2) is 14.9. The van der Waals surface area contributed by atoms with Crippen molar-refractivity contribution in [2.45, 2.75) is 43.7 Å². The highest BCUT2D eigenvalue weighted by Gasteiger charge is 2.38. The number of halogens is 5. The highest BCUT2D eigenvalue weighted by molar-refractivity contribution is 7.99. The Kier molecular flexibility index (Phi) is 10.4. The highest BCUT2D eigenvalue weighted by Crippen LogP contribution is 2.43. The molecule has 254 valence electrons. The average Bonchev–Trinajstić information content (AvgIpc) is 3.66. The van der Waals surface area contributed by atoms with Crippen LogP contribution in [0.5, 0.6) is 0 Å². The van der Waals surface area contributed by atoms with Gasteiger partial charge in [0.1, 0.15) is 11.9 Å². The fraction of sp³-hybridized carbons (Fsp3) is 0.229. The smallest absolute Gasteiger partial charge is 0.257 e. The predicted octanol–water partition coefficient (Wildman–Crippen LogP) is 7.17. The van der Waals surface area contributed by atoms with Crippen molar-refractivity contribution in [3.63, 3.8) is 0 Å². The second-order valence-corrected chi connectivity index (χ2v) is 12.4. The molecule has 0 spiro atoms. The third-order valence-electron chi connectivity index (χ3n) is 8.23. The summed E-state index contributed by atoms with van der Waals surface area (Å²) in [4.78, 5) is 16.6. The van der Waals surface area contributed by atoms with Gasteiger partial charge < -0.3 is 19.9 Å². The normalized spacial score (nSPS) is 19.2. The molecule has 5 aromatic rings. The Morgan fingerprint density at radius 2 is 1.53 bits per heavy atom. The fourth-order valence-electron chi connectivity index (χ4n) is 5.50. The first-order chi connectivity index (χ1) is 23.6. The number of benzene rings is 4. The van der Waals surface area contributed by atoms with Crippen LogP contribution in [0.1, 0.15) is 51.9 Å². The molecule has 2 heterocycles. The van der Waals surface area contributed by atoms with E-state index in [1.165, 1.54) is 18.1 Å². The van der Waals surface area contributed by atoms with Crippen molar-refractivity contribution in [3.8, 4) is 11.1 Å². The van der Waals surface area contributed by atoms with E-state index >= 15 is 0 Å². The van der Waals surface area contributed by atoms with E-state index in [2.05, 4.69) is 27.4 Å². The number of aliphatic hydroxyl groups excluding tert-OH is 1. The molecule has 8 nitrogen and oxygen atoms in total. The summed E-state index contributed by atoms with van der Waals surface area (Å²) in [5.41, 5.74) is 3.04. The van der Waals surface area contributed by atoms with Crippen LogP contribution in [0.3, 0.4) is 0 Å². The zero-order valence-electron chi connectivity index (χ0n) is 25.8. The molecule has 6 rings (SSSR count). The minimum absolute atomic E-state index is 0.0248. The molecule has 0 bridgehead atoms. The summed E-state index contributed by atoms with van der Waals surface area (Å²) in [5, 5.41) is 19.1. The predicted molar refractivity (Wildman–Crippen MR) is 169 cm³/mol. The van der Waals surface area contributed by atoms with Gasteiger partial charge in [0.25, 0.3) is 5.91 Å². The van der Waals surface area contributed by atoms with Crippen LogP contribution in [0.25, 0.3) is 11.1 Å². The van der Waals surface area contributed by atoms with Gasteiger partial charge in [-0.3, -0.25) is 9.89 Å². The molecule has 3 N–H and O–H groups in total. The summed E-state index contributed by atoms with van der Waals surface area (Å²) in [6.07, 6.45) is 0.228. The molecule has 1 aliphatic heterocycles. The number of carbonyl (C=O) groups excluding carboxylic acids is 1. The van der Waals surface area contributed by atoms with Crippen molar-refractivity contribution in [1.29, 1.82) is 0 Å². The number of ether oxygens (including phenoxy) is 2. The maximum atomic E-state index is 14.1. The van der Waals surface area contributed by atoms with Crippen molar-refractivity contribution in [1.82, 2.24) is 20.5 Å². The van der Waals surface area contributed by atoms with E-state index in [0.29, 0.717) is 16.5 Å². The molecular weight excluding hydrogens is 667 g/mol. The Hall–Kier alpha value is -4.63. The molecular formula is C35H29F5N4O4S. The number of rotatable bonds is 10. The Morgan fingerprint density at radius 1 is 0.857 bits per heavy atom. The number of hydrogen-bond acceptors (Lipinski definition) is 7. The van der Waals surface area contributed by atoms with Crippen LogP contribution in [-0.4, -0.2) is 38.1 Å². The number of nitrogens with zero attached hydrogens (tertiary/aromatic N) is 2. The Labute approximate surface area is 281 Å². The molecule has 1 aromatic heterocycles. The van der Waals surface area contributed by atoms with Gasteiger partial charge in [0, 0.05) is 23.8 Å². The summed E-state index contributed by atoms with van der Waals surface area (Å²) in [7, 11) is 0. The number of thioether (sulfide) groups is 1. The van der Waals surface area contributed by atoms with Gasteiger partial charge in [-0.1, -0.05) is 85.4 Å². The molecule has 4 atom stereocenters. The molecule has 0 aliphatic carbocycles. The topological polar surface area (TPSA) is 109 Å². The van der Waals surface area contributed by atoms with Gasteiger partial charge in [-0.25, -0.2) is 26.9 Å². The van der Waals surface area contributed by atoms with Gasteiger partial charge in [0.05, 0.1) is 18.8 Å². The van der Waals surface area contributed by atoms with Crippen molar-refractivity contribution in [2.75, 3.05) is 5.75 Å². The lowest BCUT2D eigenvalue weighted by atomic mass is 9.91. The summed E-state index contributed by atoms with van der Waals surface area (Å²) in [6, 6.07) is 22.0. The lowest BCUT2D eigenvalue weighted by molar-refractivity contribution is -0.268. The monoisotopic (exact) mass is 696 g/mol. The van der Waals surface area contributed by atoms with Crippen LogP contribution in [0.15, 0.2) is 84.3 Å². The fourth-order valence-corrected chi connectivity index (χ4v) is 6.45. The maximum absolute atomic E-state index is 14.1. The second-order valence-electron chi connectivity index (χ2n) is 11.4. The SMILES string of the molecule is CC1C(CSc2ncn[nH]2)OC(c2ccc(-c3cccc(CNC(=O)c4c(F)c(F)c(F)c(F)c4F)c3)cc2)OC1c1ccc(CO)cc1. The number of aromatic amines is 1. The first kappa shape index (κ1) is 34.2. The van der Waals surface area contributed by atoms with Gasteiger partial charge in [-0.05, 0) is 33.9 Å². The number of hydrogen-bond donors (Lipinski definition) is 3. The highest BCUT2D eigenvalue weighted by atomic mass is 32.2. The Balaban J connectivity index is 1.17. The van der Waals surface area contributed by atoms with Gasteiger partial charge in [0.15, 0.2) is 34.7 Å². The zero-order chi connectivity index (χ0) is 34.7. The third-order valence-corrected chi connectivity index (χ3v) is 9.20. The van der Waals surface area contributed by atoms with Crippen LogP contribution in [0.4, 0.5) is 22.0 Å². The lowest BCUT2D eigenvalue weighted by Crippen LogP contribution is -2.38. The minimum Gasteiger partial charge on any atom is -0.392 e. The Bertz CT molecular complexity index is 1900. The van der Waals surface area contributed by atoms with Crippen LogP contribution >= 0.6 is 11.8 Å². The van der Waals surface area contributed by atoms with E-state index in [4.69, 9.17) is 9.47 Å². The lowest BCUT2D eigenvalue weighted by Gasteiger charge is -2.41. The molecule has 4 unspecified atom stereocenters. The number of carbonyl (C=O) groups is 1. The van der Waals surface area contributed by atoms with E-state index in [1.807, 2.05) is 54.6 Å². The first-order valence-electron chi connectivity index (χ1n) is 15.1. The molecule has 1 fully saturated rings. The van der Waals surface area contributed by atoms with Crippen LogP contribution < -0.4 is 5.32 Å². The average molecular weight is 697 g/mol. The molecule has 4 aromatic carbocycles. The van der Waals surface area contributed by atoms with Crippen molar-refractivity contribution < 1.29 is 41.3 Å². The molecule has 49 heavy (non-hydrogen) atoms. The van der Waals surface area contributed by atoms with E-state index in [1.54, 1.807) is 18.2 Å². The van der Waals surface area contributed by atoms with Gasteiger partial charge in [0.2, 0.25) is 5.82 Å². The van der Waals surface area contributed by atoms with Gasteiger partial charge in [-0.2, -0.15) is 5.10 Å². The first-order valence-corrected chi connectivity index (χ1v) is 16.1. The minimum atomic E-state index is -2.34. The Morgan fingerprint density at radius 3 is 2.18 bits per heavy atom. The quantitative estimate of drug-likeness (QED) is 0.0615. The number of amides is 1. The summed E-state index contributed by atoms with van der Waals surface area (Å²) < 4.78 is 81.7. The standard InChI is InChI=1S/C35H29F5N4O4S/c1-18-25(16-49-35-42-17-43-44-35)47-34(48-32(18)22-7-5-19(15-45)6-8-22)23-11-9-21(10-12-23)24-4-2-3-20(13-24)14-41-33(46)26-27(36)29(38)31(40)30(39)28(26)37/h2-13,17-18,25,32,34,45H,14-16H2,1H3,(H,41,46)(H,42,43,44). The molecule has 1 aliphatic rings. The van der Waals surface area contributed by atoms with Crippen LogP contribution in [0, 0.1) is 35.0 Å². The summed E-state index contributed by atoms with van der Waals surface area (Å²) >= 11 is 1.49. The molecule has 1 saturated heterocycles. The third kappa shape index (κ3) is 7.37. The largest absolute Gasteiger partial charge is 0.392 e. The molecule has 0 saturated carbocycles. The number of aromatic nitrogens is 3. The van der Waals surface area contributed by atoms with E-state index in [-0.39, 0.29) is 31.3 Å². The molecule has 0 radical (unpaired) electrons. The van der Waals surface area contributed by atoms with Crippen LogP contribution in [0.2, 0.25) is 0 Å². The molecule has 14 heteroatoms. The maximum Gasteiger partial charge on any atom is 0.257 e. The van der Waals surface area contributed by atoms with Gasteiger partial charge in [-0.15, -0.1) is 0 Å². The summed E-state index contributed by atoms with van der Waals surface area (Å²) in [5.74, 6) is -12.0. The van der Waals surface area contributed by atoms with Crippen molar-refractivity contribution in [3.05, 3.63) is 136 Å². The number of aliphatic hydroxyl groups is 1. The van der Waals surface area contributed by atoms with E-state index in [9.17, 15) is 31.9 Å². The number of H-pyrrole nitrogens is 1. The van der Waals surface area contributed by atoms with Crippen LogP contribution in [-0.2, 0) is 22.6 Å². The van der Waals surface area contributed by atoms with E-state index in [0.717, 1.165) is 27.8 Å². The van der Waals surface area contributed by atoms with Crippen molar-refractivity contribution in [2.24, 2.45) is 5.92 Å². The zero-order valence-corrected chi connectivity index (χ0v) is 26.6. The van der Waals surface area contributed by atoms with Gasteiger partial charge >= 0.3 is 0 Å². The number of nitrogens with one attached hydrogen (secondary N) is 2. The van der Waals surface area contributed by atoms with E-state index < -0.39 is 46.8 Å². The summed E-state index contributed by atoms with van der Waals surface area (Å²) in [6.45, 7) is 1.76. The molecule has 1 amide bonds. The van der Waals surface area contributed by atoms with Crippen molar-refractivity contribution >= 4 is 17.7 Å².